The molecule has 184 valence electrons. The molecule has 0 aliphatic heterocycles. The number of rotatable bonds is 9. The molecule has 0 unspecified atom stereocenters. The Morgan fingerprint density at radius 1 is 0.857 bits per heavy atom. The van der Waals surface area contributed by atoms with Gasteiger partial charge in [0.05, 0.1) is 10.2 Å². The fourth-order valence-electron chi connectivity index (χ4n) is 4.15. The minimum atomic E-state index is 0. The van der Waals surface area contributed by atoms with Crippen LogP contribution in [0.15, 0.2) is 66.7 Å². The molecule has 1 aromatic heterocycles. The van der Waals surface area contributed by atoms with Crippen molar-refractivity contribution in [2.75, 3.05) is 31.1 Å². The molecule has 4 rings (SSSR count). The minimum absolute atomic E-state index is 0. The van der Waals surface area contributed by atoms with Crippen LogP contribution in [-0.4, -0.2) is 42.0 Å². The van der Waals surface area contributed by atoms with Crippen molar-refractivity contribution in [1.82, 2.24) is 9.88 Å². The molecule has 0 spiro atoms. The molecule has 0 radical (unpaired) electrons. The second-order valence-corrected chi connectivity index (χ2v) is 9.70. The number of amides is 1. The lowest BCUT2D eigenvalue weighted by atomic mass is 10.0. The molecular weight excluding hydrogens is 474 g/mol. The van der Waals surface area contributed by atoms with E-state index in [1.807, 2.05) is 23.1 Å². The van der Waals surface area contributed by atoms with E-state index in [1.165, 1.54) is 22.3 Å². The third-order valence-electron chi connectivity index (χ3n) is 6.54. The highest BCUT2D eigenvalue weighted by molar-refractivity contribution is 7.22. The molecule has 0 saturated heterocycles. The van der Waals surface area contributed by atoms with Gasteiger partial charge >= 0.3 is 0 Å². The maximum atomic E-state index is 13.7. The summed E-state index contributed by atoms with van der Waals surface area (Å²) in [5.41, 5.74) is 6.56. The Kier molecular flexibility index (Phi) is 9.44. The van der Waals surface area contributed by atoms with Gasteiger partial charge in [-0.25, -0.2) is 4.98 Å². The number of aryl methyl sites for hydroxylation is 2. The third kappa shape index (κ3) is 6.29. The summed E-state index contributed by atoms with van der Waals surface area (Å²) in [7, 11) is 0. The highest BCUT2D eigenvalue weighted by Crippen LogP contribution is 2.32. The molecule has 0 bridgehead atoms. The highest BCUT2D eigenvalue weighted by Gasteiger charge is 2.22. The summed E-state index contributed by atoms with van der Waals surface area (Å²) in [6, 6.07) is 22.7. The number of halogens is 1. The molecule has 4 nitrogen and oxygen atoms in total. The van der Waals surface area contributed by atoms with Crippen molar-refractivity contribution < 1.29 is 4.79 Å². The van der Waals surface area contributed by atoms with Gasteiger partial charge in [0.25, 0.3) is 5.91 Å². The molecule has 0 atom stereocenters. The van der Waals surface area contributed by atoms with Crippen molar-refractivity contribution in [2.45, 2.75) is 34.1 Å². The van der Waals surface area contributed by atoms with Gasteiger partial charge in [-0.05, 0) is 73.8 Å². The summed E-state index contributed by atoms with van der Waals surface area (Å²) in [5, 5.41) is 0.772. The van der Waals surface area contributed by atoms with Crippen LogP contribution in [-0.2, 0) is 6.42 Å². The summed E-state index contributed by atoms with van der Waals surface area (Å²) in [4.78, 5) is 22.8. The van der Waals surface area contributed by atoms with Crippen LogP contribution in [0.25, 0.3) is 10.2 Å². The summed E-state index contributed by atoms with van der Waals surface area (Å²) in [5.74, 6) is 0.00634. The van der Waals surface area contributed by atoms with Gasteiger partial charge in [0.2, 0.25) is 0 Å². The van der Waals surface area contributed by atoms with Crippen LogP contribution in [0.4, 0.5) is 5.13 Å². The number of aromatic nitrogens is 1. The van der Waals surface area contributed by atoms with E-state index in [2.05, 4.69) is 81.1 Å². The van der Waals surface area contributed by atoms with Crippen molar-refractivity contribution in [1.29, 1.82) is 0 Å². The van der Waals surface area contributed by atoms with Crippen molar-refractivity contribution in [3.05, 3.63) is 94.5 Å². The van der Waals surface area contributed by atoms with E-state index in [9.17, 15) is 4.79 Å². The van der Waals surface area contributed by atoms with E-state index in [4.69, 9.17) is 4.98 Å². The Balaban J connectivity index is 0.00000342. The first-order valence-electron chi connectivity index (χ1n) is 12.0. The number of nitrogens with zero attached hydrogens (tertiary/aromatic N) is 3. The number of benzene rings is 3. The zero-order valence-electron chi connectivity index (χ0n) is 21.0. The van der Waals surface area contributed by atoms with Gasteiger partial charge in [-0.1, -0.05) is 73.7 Å². The fourth-order valence-corrected chi connectivity index (χ4v) is 5.20. The molecule has 4 aromatic rings. The molecule has 0 fully saturated rings. The van der Waals surface area contributed by atoms with Crippen molar-refractivity contribution in [3.8, 4) is 0 Å². The topological polar surface area (TPSA) is 36.4 Å². The van der Waals surface area contributed by atoms with Crippen LogP contribution < -0.4 is 4.90 Å². The Morgan fingerprint density at radius 2 is 1.51 bits per heavy atom. The monoisotopic (exact) mass is 507 g/mol. The smallest absolute Gasteiger partial charge is 0.260 e. The van der Waals surface area contributed by atoms with Gasteiger partial charge in [0.1, 0.15) is 0 Å². The number of anilines is 1. The van der Waals surface area contributed by atoms with E-state index in [0.29, 0.717) is 12.1 Å². The maximum absolute atomic E-state index is 13.7. The number of fused-ring (bicyclic) bond motifs is 1. The van der Waals surface area contributed by atoms with Gasteiger partial charge in [-0.3, -0.25) is 9.69 Å². The van der Waals surface area contributed by atoms with Crippen molar-refractivity contribution >= 4 is 45.0 Å². The van der Waals surface area contributed by atoms with Gasteiger partial charge in [-0.2, -0.15) is 0 Å². The first-order chi connectivity index (χ1) is 16.5. The standard InChI is InChI=1S/C29H33N3OS.ClH/c1-5-31(6-2)18-19-32(29-30-27-22(4)21(3)12-17-26(27)34-29)28(33)25-15-13-24(14-16-25)20-23-10-8-7-9-11-23;/h7-17H,5-6,18-20H2,1-4H3;1H. The fraction of sp³-hybridized carbons (Fsp3) is 0.310. The first kappa shape index (κ1) is 26.9. The predicted octanol–water partition coefficient (Wildman–Crippen LogP) is 6.91. The minimum Gasteiger partial charge on any atom is -0.302 e. The second kappa shape index (κ2) is 12.3. The molecule has 35 heavy (non-hydrogen) atoms. The molecule has 6 heteroatoms. The SMILES string of the molecule is CCN(CC)CCN(C(=O)c1ccc(Cc2ccccc2)cc1)c1nc2c(C)c(C)ccc2s1.Cl. The summed E-state index contributed by atoms with van der Waals surface area (Å²) in [6.07, 6.45) is 0.859. The van der Waals surface area contributed by atoms with Crippen LogP contribution in [0.1, 0.15) is 46.5 Å². The van der Waals surface area contributed by atoms with Gasteiger partial charge in [0.15, 0.2) is 5.13 Å². The molecule has 0 saturated carbocycles. The molecule has 3 aromatic carbocycles. The van der Waals surface area contributed by atoms with Crippen LogP contribution >= 0.6 is 23.7 Å². The molecule has 1 heterocycles. The van der Waals surface area contributed by atoms with E-state index in [1.54, 1.807) is 11.3 Å². The Bertz CT molecular complexity index is 1250. The first-order valence-corrected chi connectivity index (χ1v) is 12.9. The number of likely N-dealkylation sites (N-methyl/N-ethyl adjacent to an activating group) is 1. The molecule has 0 N–H and O–H groups in total. The van der Waals surface area contributed by atoms with E-state index >= 15 is 0 Å². The average molecular weight is 508 g/mol. The van der Waals surface area contributed by atoms with Crippen molar-refractivity contribution in [3.63, 3.8) is 0 Å². The van der Waals surface area contributed by atoms with E-state index < -0.39 is 0 Å². The van der Waals surface area contributed by atoms with Crippen LogP contribution in [0, 0.1) is 13.8 Å². The van der Waals surface area contributed by atoms with E-state index in [-0.39, 0.29) is 18.3 Å². The lowest BCUT2D eigenvalue weighted by Crippen LogP contribution is -2.38. The highest BCUT2D eigenvalue weighted by atomic mass is 35.5. The normalized spacial score (nSPS) is 11.0. The number of hydrogen-bond donors (Lipinski definition) is 0. The molecule has 0 aliphatic rings. The average Bonchev–Trinajstić information content (AvgIpc) is 3.30. The Hall–Kier alpha value is -2.73. The van der Waals surface area contributed by atoms with Crippen molar-refractivity contribution in [2.24, 2.45) is 0 Å². The lowest BCUT2D eigenvalue weighted by Gasteiger charge is -2.24. The number of carbonyl (C=O) groups excluding carboxylic acids is 1. The number of carbonyl (C=O) groups is 1. The predicted molar refractivity (Wildman–Crippen MR) is 151 cm³/mol. The summed E-state index contributed by atoms with van der Waals surface area (Å²) < 4.78 is 1.12. The largest absolute Gasteiger partial charge is 0.302 e. The number of thiazole rings is 1. The zero-order valence-corrected chi connectivity index (χ0v) is 22.6. The Labute approximate surface area is 219 Å². The molecular formula is C29H34ClN3OS. The molecule has 1 amide bonds. The summed E-state index contributed by atoms with van der Waals surface area (Å²) in [6.45, 7) is 11.9. The van der Waals surface area contributed by atoms with Crippen LogP contribution in [0.3, 0.4) is 0 Å². The second-order valence-electron chi connectivity index (χ2n) is 8.69. The van der Waals surface area contributed by atoms with Crippen LogP contribution in [0.2, 0.25) is 0 Å². The lowest BCUT2D eigenvalue weighted by molar-refractivity contribution is 0.0984. The van der Waals surface area contributed by atoms with Gasteiger partial charge < -0.3 is 4.90 Å². The molecule has 0 aliphatic carbocycles. The van der Waals surface area contributed by atoms with Crippen LogP contribution in [0.5, 0.6) is 0 Å². The Morgan fingerprint density at radius 3 is 2.17 bits per heavy atom. The van der Waals surface area contributed by atoms with Gasteiger partial charge in [0, 0.05) is 18.7 Å². The number of hydrogen-bond acceptors (Lipinski definition) is 4. The van der Waals surface area contributed by atoms with E-state index in [0.717, 1.165) is 41.4 Å². The van der Waals surface area contributed by atoms with Gasteiger partial charge in [-0.15, -0.1) is 12.4 Å². The quantitative estimate of drug-likeness (QED) is 0.247. The third-order valence-corrected chi connectivity index (χ3v) is 7.58. The zero-order chi connectivity index (χ0) is 24.1. The maximum Gasteiger partial charge on any atom is 0.260 e. The summed E-state index contributed by atoms with van der Waals surface area (Å²) >= 11 is 1.60.